The minimum atomic E-state index is -0.275. The predicted molar refractivity (Wildman–Crippen MR) is 71.1 cm³/mol. The van der Waals surface area contributed by atoms with Crippen LogP contribution in [-0.2, 0) is 4.79 Å². The summed E-state index contributed by atoms with van der Waals surface area (Å²) in [7, 11) is 0. The Labute approximate surface area is 111 Å². The lowest BCUT2D eigenvalue weighted by atomic mass is 10.0. The number of carbonyl (C=O) groups is 1. The summed E-state index contributed by atoms with van der Waals surface area (Å²) in [6.07, 6.45) is 6.42. The Bertz CT molecular complexity index is 485. The number of fused-ring (bicyclic) bond motifs is 1. The summed E-state index contributed by atoms with van der Waals surface area (Å²) in [5.41, 5.74) is 3.37. The molecule has 0 aliphatic heterocycles. The van der Waals surface area contributed by atoms with Crippen LogP contribution in [-0.4, -0.2) is 12.1 Å². The zero-order chi connectivity index (χ0) is 13.2. The van der Waals surface area contributed by atoms with Crippen molar-refractivity contribution in [3.63, 3.8) is 0 Å². The normalized spacial score (nSPS) is 29.0. The van der Waals surface area contributed by atoms with E-state index in [2.05, 4.69) is 10.5 Å². The van der Waals surface area contributed by atoms with Gasteiger partial charge in [0.1, 0.15) is 5.82 Å². The lowest BCUT2D eigenvalue weighted by Gasteiger charge is -2.04. The molecule has 2 atom stereocenters. The molecule has 0 saturated heterocycles. The van der Waals surface area contributed by atoms with Crippen LogP contribution < -0.4 is 5.43 Å². The second-order valence-corrected chi connectivity index (χ2v) is 5.42. The largest absolute Gasteiger partial charge is 0.273 e. The molecule has 4 heteroatoms. The fourth-order valence-corrected chi connectivity index (χ4v) is 3.18. The van der Waals surface area contributed by atoms with E-state index in [1.165, 1.54) is 37.8 Å². The van der Waals surface area contributed by atoms with Gasteiger partial charge in [-0.05, 0) is 42.4 Å². The average Bonchev–Trinajstić information content (AvgIpc) is 3.15. The Kier molecular flexibility index (Phi) is 3.32. The van der Waals surface area contributed by atoms with Crippen molar-refractivity contribution >= 4 is 12.1 Å². The summed E-state index contributed by atoms with van der Waals surface area (Å²) in [6.45, 7) is 0. The van der Waals surface area contributed by atoms with E-state index < -0.39 is 0 Å². The lowest BCUT2D eigenvalue weighted by molar-refractivity contribution is -0.122. The Morgan fingerprint density at radius 2 is 1.84 bits per heavy atom. The minimum absolute atomic E-state index is 0.0373. The van der Waals surface area contributed by atoms with Crippen LogP contribution in [0.1, 0.15) is 31.2 Å². The number of carbonyl (C=O) groups excluding carboxylic acids is 1. The van der Waals surface area contributed by atoms with Gasteiger partial charge in [-0.1, -0.05) is 25.0 Å². The first kappa shape index (κ1) is 12.3. The van der Waals surface area contributed by atoms with Crippen LogP contribution >= 0.6 is 0 Å². The fourth-order valence-electron chi connectivity index (χ4n) is 3.18. The molecular weight excluding hydrogens is 243 g/mol. The highest BCUT2D eigenvalue weighted by molar-refractivity contribution is 5.85. The summed E-state index contributed by atoms with van der Waals surface area (Å²) in [6, 6.07) is 6.00. The van der Waals surface area contributed by atoms with Crippen molar-refractivity contribution in [2.24, 2.45) is 22.9 Å². The van der Waals surface area contributed by atoms with E-state index in [1.807, 2.05) is 0 Å². The first-order valence-corrected chi connectivity index (χ1v) is 6.84. The molecule has 1 aromatic rings. The third kappa shape index (κ3) is 2.67. The third-order valence-corrected chi connectivity index (χ3v) is 4.22. The fraction of sp³-hybridized carbons (Fsp3) is 0.467. The van der Waals surface area contributed by atoms with Crippen LogP contribution in [0.4, 0.5) is 4.39 Å². The highest BCUT2D eigenvalue weighted by atomic mass is 19.1. The van der Waals surface area contributed by atoms with Gasteiger partial charge in [0.2, 0.25) is 5.91 Å². The lowest BCUT2D eigenvalue weighted by Crippen LogP contribution is -2.20. The maximum atomic E-state index is 12.7. The smallest absolute Gasteiger partial charge is 0.243 e. The quantitative estimate of drug-likeness (QED) is 0.659. The first-order valence-electron chi connectivity index (χ1n) is 6.84. The summed E-state index contributed by atoms with van der Waals surface area (Å²) < 4.78 is 12.7. The molecule has 3 nitrogen and oxygen atoms in total. The number of hydrazone groups is 1. The van der Waals surface area contributed by atoms with Gasteiger partial charge < -0.3 is 0 Å². The molecule has 2 aliphatic rings. The van der Waals surface area contributed by atoms with Crippen molar-refractivity contribution < 1.29 is 9.18 Å². The van der Waals surface area contributed by atoms with E-state index in [1.54, 1.807) is 18.3 Å². The number of amides is 1. The molecule has 1 N–H and O–H groups in total. The topological polar surface area (TPSA) is 41.5 Å². The monoisotopic (exact) mass is 260 g/mol. The summed E-state index contributed by atoms with van der Waals surface area (Å²) in [5, 5.41) is 3.94. The van der Waals surface area contributed by atoms with E-state index >= 15 is 0 Å². The number of benzene rings is 1. The highest BCUT2D eigenvalue weighted by Crippen LogP contribution is 2.55. The Hall–Kier alpha value is -1.71. The molecule has 3 rings (SSSR count). The van der Waals surface area contributed by atoms with Gasteiger partial charge in [-0.3, -0.25) is 4.79 Å². The molecule has 2 aliphatic carbocycles. The van der Waals surface area contributed by atoms with Gasteiger partial charge in [0.05, 0.1) is 6.21 Å². The maximum absolute atomic E-state index is 12.7. The van der Waals surface area contributed by atoms with Crippen LogP contribution in [0.3, 0.4) is 0 Å². The molecule has 0 heterocycles. The van der Waals surface area contributed by atoms with Crippen LogP contribution in [0.5, 0.6) is 0 Å². The van der Waals surface area contributed by atoms with E-state index in [0.717, 1.165) is 5.56 Å². The standard InChI is InChI=1S/C15H17FN2O/c16-11-7-5-10(6-8-11)9-17-18-15(19)14-12-3-1-2-4-13(12)14/h5-9,12-14H,1-4H2,(H,18,19). The minimum Gasteiger partial charge on any atom is -0.273 e. The third-order valence-electron chi connectivity index (χ3n) is 4.22. The number of nitrogens with zero attached hydrogens (tertiary/aromatic N) is 1. The molecule has 1 amide bonds. The average molecular weight is 260 g/mol. The van der Waals surface area contributed by atoms with Crippen LogP contribution in [0.2, 0.25) is 0 Å². The van der Waals surface area contributed by atoms with Gasteiger partial charge >= 0.3 is 0 Å². The van der Waals surface area contributed by atoms with E-state index in [4.69, 9.17) is 0 Å². The molecule has 0 spiro atoms. The van der Waals surface area contributed by atoms with Crippen molar-refractivity contribution in [1.82, 2.24) is 5.43 Å². The Morgan fingerprint density at radius 3 is 2.47 bits per heavy atom. The summed E-state index contributed by atoms with van der Waals surface area (Å²) in [5.74, 6) is 1.12. The molecule has 0 bridgehead atoms. The zero-order valence-corrected chi connectivity index (χ0v) is 10.7. The van der Waals surface area contributed by atoms with Gasteiger partial charge in [-0.25, -0.2) is 9.82 Å². The molecule has 1 aromatic carbocycles. The number of rotatable bonds is 3. The van der Waals surface area contributed by atoms with Crippen molar-refractivity contribution in [2.75, 3.05) is 0 Å². The molecule has 0 radical (unpaired) electrons. The molecule has 2 saturated carbocycles. The maximum Gasteiger partial charge on any atom is 0.243 e. The SMILES string of the molecule is O=C(NN=Cc1ccc(F)cc1)C1C2CCCCC21. The Morgan fingerprint density at radius 1 is 1.21 bits per heavy atom. The van der Waals surface area contributed by atoms with Crippen LogP contribution in [0.15, 0.2) is 29.4 Å². The van der Waals surface area contributed by atoms with E-state index in [0.29, 0.717) is 11.8 Å². The summed E-state index contributed by atoms with van der Waals surface area (Å²) in [4.78, 5) is 11.9. The van der Waals surface area contributed by atoms with Gasteiger partial charge in [0, 0.05) is 5.92 Å². The van der Waals surface area contributed by atoms with Crippen LogP contribution in [0, 0.1) is 23.6 Å². The molecule has 0 aromatic heterocycles. The van der Waals surface area contributed by atoms with Gasteiger partial charge in [-0.2, -0.15) is 5.10 Å². The number of halogens is 1. The van der Waals surface area contributed by atoms with Gasteiger partial charge in [0.15, 0.2) is 0 Å². The molecular formula is C15H17FN2O. The van der Waals surface area contributed by atoms with Crippen molar-refractivity contribution in [3.8, 4) is 0 Å². The first-order chi connectivity index (χ1) is 9.25. The summed E-state index contributed by atoms with van der Waals surface area (Å²) >= 11 is 0. The second-order valence-electron chi connectivity index (χ2n) is 5.42. The molecule has 100 valence electrons. The number of nitrogens with one attached hydrogen (secondary N) is 1. The second kappa shape index (κ2) is 5.11. The van der Waals surface area contributed by atoms with E-state index in [-0.39, 0.29) is 17.6 Å². The Balaban J connectivity index is 1.52. The van der Waals surface area contributed by atoms with E-state index in [9.17, 15) is 9.18 Å². The zero-order valence-electron chi connectivity index (χ0n) is 10.7. The predicted octanol–water partition coefficient (Wildman–Crippen LogP) is 2.71. The van der Waals surface area contributed by atoms with Crippen molar-refractivity contribution in [1.29, 1.82) is 0 Å². The number of hydrogen-bond acceptors (Lipinski definition) is 2. The number of hydrogen-bond donors (Lipinski definition) is 1. The molecule has 19 heavy (non-hydrogen) atoms. The van der Waals surface area contributed by atoms with Crippen molar-refractivity contribution in [2.45, 2.75) is 25.7 Å². The van der Waals surface area contributed by atoms with Crippen LogP contribution in [0.25, 0.3) is 0 Å². The van der Waals surface area contributed by atoms with Crippen molar-refractivity contribution in [3.05, 3.63) is 35.6 Å². The highest BCUT2D eigenvalue weighted by Gasteiger charge is 2.54. The molecule has 2 fully saturated rings. The molecule has 2 unspecified atom stereocenters. The van der Waals surface area contributed by atoms with Gasteiger partial charge in [-0.15, -0.1) is 0 Å². The van der Waals surface area contributed by atoms with Gasteiger partial charge in [0.25, 0.3) is 0 Å².